The molecule has 4 rings (SSSR count). The number of hydrogen-bond acceptors (Lipinski definition) is 3. The minimum Gasteiger partial charge on any atom is -0.474 e. The van der Waals surface area contributed by atoms with E-state index in [0.29, 0.717) is 17.9 Å². The molecule has 0 amide bonds. The number of hydrogen-bond donors (Lipinski definition) is 0. The molecule has 0 aliphatic carbocycles. The summed E-state index contributed by atoms with van der Waals surface area (Å²) in [5.41, 5.74) is 0.625. The molecule has 28 heavy (non-hydrogen) atoms. The largest absolute Gasteiger partial charge is 0.474 e. The fourth-order valence-electron chi connectivity index (χ4n) is 3.54. The molecule has 0 radical (unpaired) electrons. The number of nitrogens with zero attached hydrogens (tertiary/aromatic N) is 2. The van der Waals surface area contributed by atoms with Crippen molar-refractivity contribution in [2.45, 2.75) is 19.4 Å². The minimum atomic E-state index is -2.39. The molecule has 0 bridgehead atoms. The summed E-state index contributed by atoms with van der Waals surface area (Å²) in [4.78, 5) is 0. The second-order valence-corrected chi connectivity index (χ2v) is 9.79. The van der Waals surface area contributed by atoms with E-state index >= 15 is 0 Å². The third kappa shape index (κ3) is 3.28. The summed E-state index contributed by atoms with van der Waals surface area (Å²) in [5, 5.41) is 13.0. The molecule has 1 aliphatic heterocycles. The first-order chi connectivity index (χ1) is 13.7. The van der Waals surface area contributed by atoms with Crippen molar-refractivity contribution in [2.75, 3.05) is 0 Å². The summed E-state index contributed by atoms with van der Waals surface area (Å²) >= 11 is 0. The third-order valence-corrected chi connectivity index (χ3v) is 8.45. The van der Waals surface area contributed by atoms with Gasteiger partial charge in [-0.1, -0.05) is 91.0 Å². The van der Waals surface area contributed by atoms with Crippen molar-refractivity contribution in [2.24, 2.45) is 4.74 Å². The van der Waals surface area contributed by atoms with Crippen LogP contribution in [0.2, 0.25) is 0 Å². The van der Waals surface area contributed by atoms with E-state index in [0.717, 1.165) is 15.9 Å². The van der Waals surface area contributed by atoms with Crippen molar-refractivity contribution in [1.82, 2.24) is 0 Å². The van der Waals surface area contributed by atoms with Gasteiger partial charge in [0.05, 0.1) is 12.6 Å². The van der Waals surface area contributed by atoms with Crippen LogP contribution in [-0.4, -0.2) is 6.10 Å². The smallest absolute Gasteiger partial charge is 0.227 e. The molecule has 3 aromatic carbocycles. The minimum absolute atomic E-state index is 0.0300. The van der Waals surface area contributed by atoms with Crippen molar-refractivity contribution in [3.63, 3.8) is 0 Å². The molecule has 0 aromatic heterocycles. The quantitative estimate of drug-likeness (QED) is 0.612. The zero-order valence-electron chi connectivity index (χ0n) is 15.7. The Balaban J connectivity index is 2.12. The van der Waals surface area contributed by atoms with Gasteiger partial charge >= 0.3 is 0 Å². The maximum atomic E-state index is 9.63. The highest BCUT2D eigenvalue weighted by molar-refractivity contribution is 7.87. The normalized spacial score (nSPS) is 16.4. The predicted octanol–water partition coefficient (Wildman–Crippen LogP) is 4.71. The topological polar surface area (TPSA) is 45.4 Å². The van der Waals surface area contributed by atoms with Crippen LogP contribution in [0.3, 0.4) is 0 Å². The monoisotopic (exact) mass is 384 g/mol. The lowest BCUT2D eigenvalue weighted by atomic mass is 10.2. The molecule has 0 fully saturated rings. The van der Waals surface area contributed by atoms with Crippen molar-refractivity contribution in [3.8, 4) is 6.07 Å². The molecule has 0 N–H and O–H groups in total. The maximum absolute atomic E-state index is 9.63. The average Bonchev–Trinajstić information content (AvgIpc) is 3.13. The Morgan fingerprint density at radius 2 is 1.25 bits per heavy atom. The summed E-state index contributed by atoms with van der Waals surface area (Å²) in [6, 6.07) is 33.4. The van der Waals surface area contributed by atoms with Crippen LogP contribution in [0, 0.1) is 11.3 Å². The highest BCUT2D eigenvalue weighted by Crippen LogP contribution is 2.49. The lowest BCUT2D eigenvalue weighted by molar-refractivity contribution is 0.159. The van der Waals surface area contributed by atoms with Crippen molar-refractivity contribution in [1.29, 1.82) is 5.26 Å². The van der Waals surface area contributed by atoms with Crippen molar-refractivity contribution < 1.29 is 4.74 Å². The molecule has 138 valence electrons. The second kappa shape index (κ2) is 7.89. The van der Waals surface area contributed by atoms with Crippen LogP contribution in [0.15, 0.2) is 107 Å². The molecule has 1 aliphatic rings. The Morgan fingerprint density at radius 3 is 1.64 bits per heavy atom. The zero-order valence-corrected chi connectivity index (χ0v) is 16.6. The van der Waals surface area contributed by atoms with E-state index in [1.807, 2.05) is 61.5 Å². The molecule has 4 heteroatoms. The van der Waals surface area contributed by atoms with Crippen LogP contribution in [-0.2, 0) is 4.74 Å². The molecule has 1 atom stereocenters. The van der Waals surface area contributed by atoms with E-state index in [9.17, 15) is 5.26 Å². The van der Waals surface area contributed by atoms with Crippen molar-refractivity contribution >= 4 is 23.0 Å². The first-order valence-corrected chi connectivity index (χ1v) is 11.1. The van der Waals surface area contributed by atoms with Gasteiger partial charge in [0.2, 0.25) is 5.88 Å². The fraction of sp³-hybridized carbons (Fsp3) is 0.125. The van der Waals surface area contributed by atoms with E-state index in [1.54, 1.807) is 0 Å². The Kier molecular flexibility index (Phi) is 5.15. The highest BCUT2D eigenvalue weighted by Gasteiger charge is 2.31. The van der Waals surface area contributed by atoms with Gasteiger partial charge in [0.15, 0.2) is 0 Å². The number of ether oxygens (including phenoxy) is 1. The van der Waals surface area contributed by atoms with E-state index < -0.39 is 7.05 Å². The Hall–Kier alpha value is -3.08. The first-order valence-electron chi connectivity index (χ1n) is 9.33. The SMILES string of the molecule is C[C@H]1CC(C#N)=C(N=P(c2ccccc2)(c2ccccc2)c2ccccc2)O1. The third-order valence-electron chi connectivity index (χ3n) is 4.83. The van der Waals surface area contributed by atoms with E-state index in [2.05, 4.69) is 42.5 Å². The molecule has 0 saturated heterocycles. The van der Waals surface area contributed by atoms with Crippen LogP contribution < -0.4 is 15.9 Å². The zero-order chi connectivity index (χ0) is 19.4. The Morgan fingerprint density at radius 1 is 0.821 bits per heavy atom. The molecule has 0 spiro atoms. The van der Waals surface area contributed by atoms with Gasteiger partial charge in [-0.15, -0.1) is 0 Å². The standard InChI is InChI=1S/C24H21N2OP/c1-19-17-20(18-25)24(27-19)26-28(21-11-5-2-6-12-21,22-13-7-3-8-14-22)23-15-9-4-10-16-23/h2-16,19H,17H2,1H3/t19-/m0/s1. The summed E-state index contributed by atoms with van der Waals surface area (Å²) in [7, 11) is -2.39. The summed E-state index contributed by atoms with van der Waals surface area (Å²) in [5.74, 6) is 0.486. The van der Waals surface area contributed by atoms with Gasteiger partial charge in [-0.05, 0) is 6.92 Å². The molecule has 0 unspecified atom stereocenters. The molecule has 1 heterocycles. The van der Waals surface area contributed by atoms with Gasteiger partial charge in [-0.25, -0.2) is 4.74 Å². The molecular formula is C24H21N2OP. The number of nitriles is 1. The lowest BCUT2D eigenvalue weighted by Gasteiger charge is -2.27. The van der Waals surface area contributed by atoms with Crippen LogP contribution >= 0.6 is 7.05 Å². The number of rotatable bonds is 4. The highest BCUT2D eigenvalue weighted by atomic mass is 31.2. The number of benzene rings is 3. The predicted molar refractivity (Wildman–Crippen MR) is 115 cm³/mol. The lowest BCUT2D eigenvalue weighted by Crippen LogP contribution is -2.25. The van der Waals surface area contributed by atoms with Crippen LogP contribution in [0.1, 0.15) is 13.3 Å². The molecular weight excluding hydrogens is 363 g/mol. The van der Waals surface area contributed by atoms with Gasteiger partial charge in [0.25, 0.3) is 0 Å². The van der Waals surface area contributed by atoms with Crippen LogP contribution in [0.25, 0.3) is 0 Å². The van der Waals surface area contributed by atoms with Crippen molar-refractivity contribution in [3.05, 3.63) is 102 Å². The van der Waals surface area contributed by atoms with Gasteiger partial charge in [0, 0.05) is 22.3 Å². The van der Waals surface area contributed by atoms with Crippen LogP contribution in [0.4, 0.5) is 0 Å². The van der Waals surface area contributed by atoms with Gasteiger partial charge in [-0.2, -0.15) is 5.26 Å². The van der Waals surface area contributed by atoms with Gasteiger partial charge in [0.1, 0.15) is 12.2 Å². The average molecular weight is 384 g/mol. The molecule has 3 nitrogen and oxygen atoms in total. The Bertz CT molecular complexity index is 980. The second-order valence-electron chi connectivity index (χ2n) is 6.77. The Labute approximate surface area is 166 Å². The fourth-order valence-corrected chi connectivity index (χ4v) is 7.04. The van der Waals surface area contributed by atoms with Crippen LogP contribution in [0.5, 0.6) is 0 Å². The summed E-state index contributed by atoms with van der Waals surface area (Å²) in [6.45, 7) is 1.98. The van der Waals surface area contributed by atoms with E-state index in [4.69, 9.17) is 9.48 Å². The molecule has 0 saturated carbocycles. The molecule has 3 aromatic rings. The maximum Gasteiger partial charge on any atom is 0.227 e. The van der Waals surface area contributed by atoms with Gasteiger partial charge < -0.3 is 4.74 Å². The van der Waals surface area contributed by atoms with E-state index in [-0.39, 0.29) is 6.10 Å². The first kappa shape index (κ1) is 18.3. The van der Waals surface area contributed by atoms with Gasteiger partial charge in [-0.3, -0.25) is 0 Å². The van der Waals surface area contributed by atoms with E-state index in [1.165, 1.54) is 0 Å². The summed E-state index contributed by atoms with van der Waals surface area (Å²) < 4.78 is 11.3. The summed E-state index contributed by atoms with van der Waals surface area (Å²) in [6.07, 6.45) is 0.575.